The molecule has 0 saturated carbocycles. The van der Waals surface area contributed by atoms with Crippen LogP contribution in [0.2, 0.25) is 5.02 Å². The number of anilines is 1. The number of halogens is 1. The van der Waals surface area contributed by atoms with E-state index in [0.717, 1.165) is 29.2 Å². The van der Waals surface area contributed by atoms with Crippen LogP contribution in [0.3, 0.4) is 0 Å². The van der Waals surface area contributed by atoms with Crippen molar-refractivity contribution in [1.29, 1.82) is 0 Å². The van der Waals surface area contributed by atoms with Gasteiger partial charge < -0.3 is 15.3 Å². The Kier molecular flexibility index (Phi) is 6.47. The van der Waals surface area contributed by atoms with E-state index in [1.165, 1.54) is 0 Å². The first-order chi connectivity index (χ1) is 8.60. The highest BCUT2D eigenvalue weighted by Gasteiger charge is 2.10. The van der Waals surface area contributed by atoms with E-state index in [1.54, 1.807) is 0 Å². The maximum absolute atomic E-state index is 8.92. The van der Waals surface area contributed by atoms with Crippen molar-refractivity contribution in [3.8, 4) is 0 Å². The molecule has 1 aromatic carbocycles. The zero-order chi connectivity index (χ0) is 13.5. The normalized spacial score (nSPS) is 12.5. The molecule has 0 aliphatic rings. The minimum Gasteiger partial charge on any atom is -0.395 e. The summed E-state index contributed by atoms with van der Waals surface area (Å²) < 4.78 is 0. The molecule has 1 atom stereocenters. The highest BCUT2D eigenvalue weighted by molar-refractivity contribution is 6.31. The second kappa shape index (κ2) is 7.62. The lowest BCUT2D eigenvalue weighted by molar-refractivity contribution is 0.304. The van der Waals surface area contributed by atoms with Crippen LogP contribution in [0.4, 0.5) is 5.69 Å². The van der Waals surface area contributed by atoms with Crippen molar-refractivity contribution in [3.05, 3.63) is 28.8 Å². The highest BCUT2D eigenvalue weighted by Crippen LogP contribution is 2.27. The lowest BCUT2D eigenvalue weighted by atomic mass is 10.1. The minimum atomic E-state index is 0.143. The Morgan fingerprint density at radius 2 is 2.17 bits per heavy atom. The van der Waals surface area contributed by atoms with Crippen LogP contribution in [0.15, 0.2) is 18.2 Å². The van der Waals surface area contributed by atoms with Crippen LogP contribution in [0.25, 0.3) is 0 Å². The molecule has 0 aliphatic heterocycles. The van der Waals surface area contributed by atoms with Gasteiger partial charge in [0, 0.05) is 30.3 Å². The van der Waals surface area contributed by atoms with Gasteiger partial charge in [-0.25, -0.2) is 0 Å². The summed E-state index contributed by atoms with van der Waals surface area (Å²) in [6.07, 6.45) is 1.11. The number of likely N-dealkylation sites (N-methyl/N-ethyl adjacent to an activating group) is 1. The lowest BCUT2D eigenvalue weighted by Gasteiger charge is -2.21. The van der Waals surface area contributed by atoms with Crippen LogP contribution in [0, 0.1) is 0 Å². The number of hydrogen-bond donors (Lipinski definition) is 2. The van der Waals surface area contributed by atoms with E-state index in [1.807, 2.05) is 24.1 Å². The van der Waals surface area contributed by atoms with Crippen molar-refractivity contribution in [1.82, 2.24) is 5.32 Å². The van der Waals surface area contributed by atoms with Crippen molar-refractivity contribution < 1.29 is 5.11 Å². The predicted octanol–water partition coefficient (Wildman–Crippen LogP) is 2.83. The number of nitrogens with zero attached hydrogens (tertiary/aromatic N) is 1. The molecule has 1 aromatic rings. The number of benzene rings is 1. The van der Waals surface area contributed by atoms with Gasteiger partial charge in [-0.2, -0.15) is 0 Å². The number of rotatable bonds is 7. The van der Waals surface area contributed by atoms with Gasteiger partial charge in [-0.15, -0.1) is 0 Å². The van der Waals surface area contributed by atoms with E-state index in [-0.39, 0.29) is 12.6 Å². The summed E-state index contributed by atoms with van der Waals surface area (Å²) in [5.41, 5.74) is 2.15. The molecular weight excluding hydrogens is 248 g/mol. The van der Waals surface area contributed by atoms with E-state index in [9.17, 15) is 0 Å². The van der Waals surface area contributed by atoms with Gasteiger partial charge in [0.1, 0.15) is 0 Å². The van der Waals surface area contributed by atoms with Crippen molar-refractivity contribution >= 4 is 17.3 Å². The van der Waals surface area contributed by atoms with E-state index >= 15 is 0 Å². The fraction of sp³-hybridized carbons (Fsp3) is 0.571. The monoisotopic (exact) mass is 270 g/mol. The second-order valence-corrected chi connectivity index (χ2v) is 4.93. The van der Waals surface area contributed by atoms with Crippen molar-refractivity contribution in [2.45, 2.75) is 26.3 Å². The number of aliphatic hydroxyl groups is 1. The van der Waals surface area contributed by atoms with Gasteiger partial charge in [-0.3, -0.25) is 0 Å². The summed E-state index contributed by atoms with van der Waals surface area (Å²) >= 11 is 6.32. The first-order valence-electron chi connectivity index (χ1n) is 6.45. The Labute approximate surface area is 115 Å². The molecule has 0 radical (unpaired) electrons. The molecule has 0 aliphatic carbocycles. The molecule has 0 amide bonds. The summed E-state index contributed by atoms with van der Waals surface area (Å²) in [5.74, 6) is 0. The Morgan fingerprint density at radius 1 is 1.44 bits per heavy atom. The average Bonchev–Trinajstić information content (AvgIpc) is 2.36. The molecule has 1 unspecified atom stereocenters. The number of aliphatic hydroxyl groups excluding tert-OH is 1. The molecule has 0 bridgehead atoms. The highest BCUT2D eigenvalue weighted by atomic mass is 35.5. The van der Waals surface area contributed by atoms with Gasteiger partial charge in [0.05, 0.1) is 6.61 Å². The third-order valence-electron chi connectivity index (χ3n) is 3.03. The standard InChI is InChI=1S/C14H23ClN2O/c1-4-7-16-11(2)13-6-5-12(10-14(13)15)17(3)8-9-18/h5-6,10-11,16,18H,4,7-9H2,1-3H3. The van der Waals surface area contributed by atoms with Crippen LogP contribution < -0.4 is 10.2 Å². The summed E-state index contributed by atoms with van der Waals surface area (Å²) in [5, 5.41) is 13.1. The Morgan fingerprint density at radius 3 is 2.72 bits per heavy atom. The van der Waals surface area contributed by atoms with E-state index < -0.39 is 0 Å². The Bertz CT molecular complexity index is 371. The summed E-state index contributed by atoms with van der Waals surface area (Å²) in [7, 11) is 1.94. The molecule has 4 heteroatoms. The van der Waals surface area contributed by atoms with Crippen LogP contribution in [-0.2, 0) is 0 Å². The van der Waals surface area contributed by atoms with Gasteiger partial charge in [0.15, 0.2) is 0 Å². The Hall–Kier alpha value is -0.770. The minimum absolute atomic E-state index is 0.143. The molecule has 0 saturated heterocycles. The number of nitrogens with one attached hydrogen (secondary N) is 1. The van der Waals surface area contributed by atoms with Gasteiger partial charge in [-0.05, 0) is 37.6 Å². The lowest BCUT2D eigenvalue weighted by Crippen LogP contribution is -2.22. The molecule has 0 fully saturated rings. The maximum Gasteiger partial charge on any atom is 0.0606 e. The fourth-order valence-electron chi connectivity index (χ4n) is 1.85. The van der Waals surface area contributed by atoms with Crippen molar-refractivity contribution in [2.24, 2.45) is 0 Å². The average molecular weight is 271 g/mol. The molecule has 0 spiro atoms. The first kappa shape index (κ1) is 15.3. The molecule has 18 heavy (non-hydrogen) atoms. The van der Waals surface area contributed by atoms with E-state index in [2.05, 4.69) is 25.2 Å². The van der Waals surface area contributed by atoms with Gasteiger partial charge in [0.25, 0.3) is 0 Å². The third-order valence-corrected chi connectivity index (χ3v) is 3.35. The molecule has 3 nitrogen and oxygen atoms in total. The second-order valence-electron chi connectivity index (χ2n) is 4.53. The molecule has 1 rings (SSSR count). The van der Waals surface area contributed by atoms with Gasteiger partial charge in [-0.1, -0.05) is 24.6 Å². The third kappa shape index (κ3) is 4.16. The summed E-state index contributed by atoms with van der Waals surface area (Å²) in [6, 6.07) is 6.31. The summed E-state index contributed by atoms with van der Waals surface area (Å²) in [6.45, 7) is 6.01. The predicted molar refractivity (Wildman–Crippen MR) is 78.5 cm³/mol. The van der Waals surface area contributed by atoms with Gasteiger partial charge >= 0.3 is 0 Å². The van der Waals surface area contributed by atoms with Crippen molar-refractivity contribution in [3.63, 3.8) is 0 Å². The van der Waals surface area contributed by atoms with Crippen LogP contribution in [-0.4, -0.2) is 31.9 Å². The smallest absolute Gasteiger partial charge is 0.0606 e. The van der Waals surface area contributed by atoms with Gasteiger partial charge in [0.2, 0.25) is 0 Å². The largest absolute Gasteiger partial charge is 0.395 e. The molecule has 102 valence electrons. The van der Waals surface area contributed by atoms with Crippen LogP contribution in [0.5, 0.6) is 0 Å². The van der Waals surface area contributed by atoms with E-state index in [0.29, 0.717) is 6.54 Å². The molecule has 0 aromatic heterocycles. The topological polar surface area (TPSA) is 35.5 Å². The SMILES string of the molecule is CCCNC(C)c1ccc(N(C)CCO)cc1Cl. The first-order valence-corrected chi connectivity index (χ1v) is 6.82. The van der Waals surface area contributed by atoms with Crippen molar-refractivity contribution in [2.75, 3.05) is 31.6 Å². The summed E-state index contributed by atoms with van der Waals surface area (Å²) in [4.78, 5) is 1.99. The zero-order valence-corrected chi connectivity index (χ0v) is 12.2. The van der Waals surface area contributed by atoms with E-state index in [4.69, 9.17) is 16.7 Å². The zero-order valence-electron chi connectivity index (χ0n) is 11.4. The quantitative estimate of drug-likeness (QED) is 0.800. The molecular formula is C14H23ClN2O. The molecule has 0 heterocycles. The maximum atomic E-state index is 8.92. The molecule has 2 N–H and O–H groups in total. The fourth-order valence-corrected chi connectivity index (χ4v) is 2.19. The van der Waals surface area contributed by atoms with Crippen LogP contribution >= 0.6 is 11.6 Å². The van der Waals surface area contributed by atoms with Crippen LogP contribution in [0.1, 0.15) is 31.9 Å². The Balaban J connectivity index is 2.78. The number of hydrogen-bond acceptors (Lipinski definition) is 3.